The van der Waals surface area contributed by atoms with Crippen molar-refractivity contribution in [1.29, 1.82) is 0 Å². The number of nitrogens with zero attached hydrogens (tertiary/aromatic N) is 1. The molecule has 0 saturated carbocycles. The van der Waals surface area contributed by atoms with E-state index >= 15 is 0 Å². The SMILES string of the molecule is FC(F)CN(CCCl)CC1CCCCO1. The molecule has 0 bridgehead atoms. The van der Waals surface area contributed by atoms with Crippen LogP contribution in [-0.4, -0.2) is 49.6 Å². The zero-order valence-corrected chi connectivity index (χ0v) is 9.56. The molecule has 15 heavy (non-hydrogen) atoms. The molecule has 2 nitrogen and oxygen atoms in total. The summed E-state index contributed by atoms with van der Waals surface area (Å²) >= 11 is 5.57. The second-order valence-corrected chi connectivity index (χ2v) is 4.21. The van der Waals surface area contributed by atoms with Crippen molar-refractivity contribution in [3.8, 4) is 0 Å². The quantitative estimate of drug-likeness (QED) is 0.662. The molecule has 5 heteroatoms. The Balaban J connectivity index is 2.28. The minimum absolute atomic E-state index is 0.112. The van der Waals surface area contributed by atoms with Gasteiger partial charge in [-0.1, -0.05) is 0 Å². The highest BCUT2D eigenvalue weighted by molar-refractivity contribution is 6.18. The second-order valence-electron chi connectivity index (χ2n) is 3.83. The molecule has 0 aromatic carbocycles. The molecule has 90 valence electrons. The van der Waals surface area contributed by atoms with Gasteiger partial charge in [0.1, 0.15) is 0 Å². The Morgan fingerprint density at radius 3 is 2.73 bits per heavy atom. The first-order chi connectivity index (χ1) is 7.22. The number of rotatable bonds is 6. The molecular weight excluding hydrogens is 224 g/mol. The molecule has 1 aliphatic rings. The van der Waals surface area contributed by atoms with Crippen LogP contribution >= 0.6 is 11.6 Å². The fraction of sp³-hybridized carbons (Fsp3) is 1.00. The van der Waals surface area contributed by atoms with Gasteiger partial charge in [-0.3, -0.25) is 4.90 Å². The molecule has 1 aliphatic heterocycles. The third-order valence-corrected chi connectivity index (χ3v) is 2.70. The van der Waals surface area contributed by atoms with Crippen LogP contribution in [0.5, 0.6) is 0 Å². The summed E-state index contributed by atoms with van der Waals surface area (Å²) in [4.78, 5) is 1.69. The van der Waals surface area contributed by atoms with Crippen molar-refractivity contribution in [2.24, 2.45) is 0 Å². The van der Waals surface area contributed by atoms with E-state index in [9.17, 15) is 8.78 Å². The van der Waals surface area contributed by atoms with Gasteiger partial charge in [0.15, 0.2) is 0 Å². The minimum Gasteiger partial charge on any atom is -0.377 e. The zero-order chi connectivity index (χ0) is 11.1. The van der Waals surface area contributed by atoms with Gasteiger partial charge in [-0.05, 0) is 19.3 Å². The van der Waals surface area contributed by atoms with E-state index in [2.05, 4.69) is 0 Å². The van der Waals surface area contributed by atoms with Crippen LogP contribution in [0.15, 0.2) is 0 Å². The lowest BCUT2D eigenvalue weighted by atomic mass is 10.1. The summed E-state index contributed by atoms with van der Waals surface area (Å²) in [5.74, 6) is 0.388. The molecule has 0 N–H and O–H groups in total. The molecule has 0 radical (unpaired) electrons. The van der Waals surface area contributed by atoms with Gasteiger partial charge < -0.3 is 4.74 Å². The topological polar surface area (TPSA) is 12.5 Å². The lowest BCUT2D eigenvalue weighted by molar-refractivity contribution is -0.0149. The van der Waals surface area contributed by atoms with Gasteiger partial charge in [0.05, 0.1) is 12.6 Å². The molecule has 1 heterocycles. The van der Waals surface area contributed by atoms with Crippen molar-refractivity contribution in [2.75, 3.05) is 32.1 Å². The molecule has 0 aromatic heterocycles. The third-order valence-electron chi connectivity index (χ3n) is 2.53. The van der Waals surface area contributed by atoms with Crippen LogP contribution in [0, 0.1) is 0 Å². The molecule has 0 aliphatic carbocycles. The van der Waals surface area contributed by atoms with Crippen LogP contribution in [0.25, 0.3) is 0 Å². The highest BCUT2D eigenvalue weighted by atomic mass is 35.5. The Bertz CT molecular complexity index is 166. The molecule has 0 spiro atoms. The van der Waals surface area contributed by atoms with E-state index < -0.39 is 6.43 Å². The summed E-state index contributed by atoms with van der Waals surface area (Å²) in [6.07, 6.45) is 1.01. The third kappa shape index (κ3) is 5.64. The number of hydrogen-bond donors (Lipinski definition) is 0. The smallest absolute Gasteiger partial charge is 0.251 e. The molecule has 1 saturated heterocycles. The van der Waals surface area contributed by atoms with Crippen molar-refractivity contribution in [3.63, 3.8) is 0 Å². The van der Waals surface area contributed by atoms with E-state index in [0.717, 1.165) is 25.9 Å². The predicted octanol–water partition coefficient (Wildman–Crippen LogP) is 2.36. The summed E-state index contributed by atoms with van der Waals surface area (Å²) in [5, 5.41) is 0. The average molecular weight is 242 g/mol. The molecule has 1 atom stereocenters. The maximum absolute atomic E-state index is 12.2. The van der Waals surface area contributed by atoms with E-state index in [1.807, 2.05) is 0 Å². The van der Waals surface area contributed by atoms with Crippen molar-refractivity contribution in [1.82, 2.24) is 4.90 Å². The largest absolute Gasteiger partial charge is 0.377 e. The highest BCUT2D eigenvalue weighted by Gasteiger charge is 2.19. The lowest BCUT2D eigenvalue weighted by Gasteiger charge is -2.29. The van der Waals surface area contributed by atoms with Crippen LogP contribution in [-0.2, 0) is 4.74 Å². The maximum Gasteiger partial charge on any atom is 0.251 e. The van der Waals surface area contributed by atoms with Gasteiger partial charge >= 0.3 is 0 Å². The van der Waals surface area contributed by atoms with Crippen LogP contribution in [0.3, 0.4) is 0 Å². The van der Waals surface area contributed by atoms with Gasteiger partial charge in [0.25, 0.3) is 6.43 Å². The van der Waals surface area contributed by atoms with Gasteiger partial charge in [0.2, 0.25) is 0 Å². The van der Waals surface area contributed by atoms with Crippen LogP contribution in [0.2, 0.25) is 0 Å². The number of alkyl halides is 3. The van der Waals surface area contributed by atoms with Crippen molar-refractivity contribution < 1.29 is 13.5 Å². The van der Waals surface area contributed by atoms with E-state index in [1.54, 1.807) is 4.90 Å². The summed E-state index contributed by atoms with van der Waals surface area (Å²) in [5.41, 5.74) is 0. The first-order valence-electron chi connectivity index (χ1n) is 5.40. The fourth-order valence-electron chi connectivity index (χ4n) is 1.81. The van der Waals surface area contributed by atoms with Gasteiger partial charge in [-0.15, -0.1) is 11.6 Å². The second kappa shape index (κ2) is 7.36. The highest BCUT2D eigenvalue weighted by Crippen LogP contribution is 2.14. The first kappa shape index (κ1) is 13.1. The summed E-state index contributed by atoms with van der Waals surface area (Å²) in [6.45, 7) is 1.64. The number of ether oxygens (including phenoxy) is 1. The Morgan fingerprint density at radius 1 is 1.40 bits per heavy atom. The van der Waals surface area contributed by atoms with E-state index in [1.165, 1.54) is 0 Å². The average Bonchev–Trinajstić information content (AvgIpc) is 2.18. The van der Waals surface area contributed by atoms with Crippen molar-refractivity contribution in [2.45, 2.75) is 31.8 Å². The van der Waals surface area contributed by atoms with E-state index in [0.29, 0.717) is 19.0 Å². The summed E-state index contributed by atoms with van der Waals surface area (Å²) in [6, 6.07) is 0. The molecule has 0 aromatic rings. The lowest BCUT2D eigenvalue weighted by Crippen LogP contribution is -2.39. The van der Waals surface area contributed by atoms with Crippen LogP contribution in [0.1, 0.15) is 19.3 Å². The zero-order valence-electron chi connectivity index (χ0n) is 8.80. The molecule has 1 fully saturated rings. The Kier molecular flexibility index (Phi) is 6.45. The minimum atomic E-state index is -2.29. The summed E-state index contributed by atoms with van der Waals surface area (Å²) < 4.78 is 30.0. The Hall–Kier alpha value is 0.0700. The van der Waals surface area contributed by atoms with Crippen LogP contribution in [0.4, 0.5) is 8.78 Å². The standard InChI is InChI=1S/C10H18ClF2NO/c11-4-5-14(8-10(12)13)7-9-3-1-2-6-15-9/h9-10H,1-8H2. The van der Waals surface area contributed by atoms with E-state index in [4.69, 9.17) is 16.3 Å². The fourth-order valence-corrected chi connectivity index (χ4v) is 2.05. The Labute approximate surface area is 94.5 Å². The monoisotopic (exact) mass is 241 g/mol. The number of halogens is 3. The number of hydrogen-bond acceptors (Lipinski definition) is 2. The van der Waals surface area contributed by atoms with Gasteiger partial charge in [-0.25, -0.2) is 8.78 Å². The molecule has 1 unspecified atom stereocenters. The normalized spacial score (nSPS) is 22.6. The molecule has 0 amide bonds. The summed E-state index contributed by atoms with van der Waals surface area (Å²) in [7, 11) is 0. The van der Waals surface area contributed by atoms with Crippen molar-refractivity contribution >= 4 is 11.6 Å². The van der Waals surface area contributed by atoms with E-state index in [-0.39, 0.29) is 12.6 Å². The predicted molar refractivity (Wildman–Crippen MR) is 56.8 cm³/mol. The van der Waals surface area contributed by atoms with Gasteiger partial charge in [-0.2, -0.15) is 0 Å². The molecular formula is C10H18ClF2NO. The molecule has 1 rings (SSSR count). The first-order valence-corrected chi connectivity index (χ1v) is 5.94. The van der Waals surface area contributed by atoms with Crippen LogP contribution < -0.4 is 0 Å². The maximum atomic E-state index is 12.2. The Morgan fingerprint density at radius 2 is 2.20 bits per heavy atom. The van der Waals surface area contributed by atoms with Gasteiger partial charge in [0, 0.05) is 25.6 Å². The van der Waals surface area contributed by atoms with Crippen molar-refractivity contribution in [3.05, 3.63) is 0 Å².